The second kappa shape index (κ2) is 4.28. The normalized spacial score (nSPS) is 19.1. The molecule has 1 aliphatic heterocycles. The fraction of sp³-hybridized carbons (Fsp3) is 0.250. The molecule has 0 fully saturated rings. The molecule has 1 unspecified atom stereocenters. The lowest BCUT2D eigenvalue weighted by Gasteiger charge is -2.10. The average Bonchev–Trinajstić information content (AvgIpc) is 2.47. The van der Waals surface area contributed by atoms with Crippen LogP contribution in [0.1, 0.15) is 5.56 Å². The SMILES string of the molecule is COC1=Nc2ccccc2C=CC1OC. The molecule has 1 aromatic carbocycles. The maximum absolute atomic E-state index is 5.26. The van der Waals surface area contributed by atoms with Crippen molar-refractivity contribution in [2.75, 3.05) is 14.2 Å². The van der Waals surface area contributed by atoms with Crippen LogP contribution in [0.3, 0.4) is 0 Å². The van der Waals surface area contributed by atoms with Gasteiger partial charge in [-0.15, -0.1) is 0 Å². The predicted molar refractivity (Wildman–Crippen MR) is 60.4 cm³/mol. The Morgan fingerprint density at radius 2 is 2.00 bits per heavy atom. The van der Waals surface area contributed by atoms with Crippen molar-refractivity contribution in [1.29, 1.82) is 0 Å². The molecule has 0 radical (unpaired) electrons. The zero-order valence-electron chi connectivity index (χ0n) is 8.81. The van der Waals surface area contributed by atoms with Crippen LogP contribution < -0.4 is 0 Å². The third-order valence-corrected chi connectivity index (χ3v) is 2.32. The van der Waals surface area contributed by atoms with Crippen molar-refractivity contribution >= 4 is 17.7 Å². The summed E-state index contributed by atoms with van der Waals surface area (Å²) in [6, 6.07) is 7.91. The Labute approximate surface area is 89.0 Å². The highest BCUT2D eigenvalue weighted by molar-refractivity contribution is 5.89. The van der Waals surface area contributed by atoms with Gasteiger partial charge in [-0.2, -0.15) is 0 Å². The maximum Gasteiger partial charge on any atom is 0.222 e. The number of nitrogens with zero attached hydrogens (tertiary/aromatic N) is 1. The third kappa shape index (κ3) is 1.92. The van der Waals surface area contributed by atoms with E-state index in [0.717, 1.165) is 11.3 Å². The molecule has 0 N–H and O–H groups in total. The Morgan fingerprint density at radius 1 is 1.20 bits per heavy atom. The van der Waals surface area contributed by atoms with Crippen LogP contribution in [0.15, 0.2) is 35.3 Å². The lowest BCUT2D eigenvalue weighted by atomic mass is 10.1. The van der Waals surface area contributed by atoms with Crippen LogP contribution in [0.2, 0.25) is 0 Å². The first-order chi connectivity index (χ1) is 7.35. The number of benzene rings is 1. The van der Waals surface area contributed by atoms with E-state index in [2.05, 4.69) is 4.99 Å². The summed E-state index contributed by atoms with van der Waals surface area (Å²) < 4.78 is 10.5. The summed E-state index contributed by atoms with van der Waals surface area (Å²) in [6.45, 7) is 0. The Kier molecular flexibility index (Phi) is 2.83. The lowest BCUT2D eigenvalue weighted by molar-refractivity contribution is 0.168. The molecule has 0 spiro atoms. The van der Waals surface area contributed by atoms with Crippen LogP contribution in [0.5, 0.6) is 0 Å². The van der Waals surface area contributed by atoms with E-state index in [1.54, 1.807) is 14.2 Å². The first-order valence-corrected chi connectivity index (χ1v) is 4.77. The number of aliphatic imine (C=N–C) groups is 1. The van der Waals surface area contributed by atoms with Crippen molar-refractivity contribution in [3.8, 4) is 0 Å². The molecule has 3 nitrogen and oxygen atoms in total. The predicted octanol–water partition coefficient (Wildman–Crippen LogP) is 2.40. The van der Waals surface area contributed by atoms with Crippen molar-refractivity contribution < 1.29 is 9.47 Å². The number of methoxy groups -OCH3 is 2. The van der Waals surface area contributed by atoms with E-state index in [0.29, 0.717) is 5.90 Å². The van der Waals surface area contributed by atoms with Gasteiger partial charge in [0.25, 0.3) is 0 Å². The van der Waals surface area contributed by atoms with Gasteiger partial charge >= 0.3 is 0 Å². The van der Waals surface area contributed by atoms with E-state index in [1.807, 2.05) is 36.4 Å². The van der Waals surface area contributed by atoms with E-state index < -0.39 is 0 Å². The Morgan fingerprint density at radius 3 is 2.73 bits per heavy atom. The van der Waals surface area contributed by atoms with Gasteiger partial charge in [-0.1, -0.05) is 24.3 Å². The van der Waals surface area contributed by atoms with Crippen LogP contribution >= 0.6 is 0 Å². The summed E-state index contributed by atoms with van der Waals surface area (Å²) >= 11 is 0. The highest BCUT2D eigenvalue weighted by Gasteiger charge is 2.16. The number of ether oxygens (including phenoxy) is 2. The van der Waals surface area contributed by atoms with Crippen molar-refractivity contribution in [3.05, 3.63) is 35.9 Å². The van der Waals surface area contributed by atoms with Crippen molar-refractivity contribution in [2.45, 2.75) is 6.10 Å². The van der Waals surface area contributed by atoms with Crippen molar-refractivity contribution in [3.63, 3.8) is 0 Å². The van der Waals surface area contributed by atoms with Crippen LogP contribution in [0, 0.1) is 0 Å². The monoisotopic (exact) mass is 203 g/mol. The molecule has 1 aromatic rings. The molecule has 0 saturated heterocycles. The largest absolute Gasteiger partial charge is 0.482 e. The van der Waals surface area contributed by atoms with E-state index >= 15 is 0 Å². The summed E-state index contributed by atoms with van der Waals surface area (Å²) in [5, 5.41) is 0. The molecule has 0 aliphatic carbocycles. The smallest absolute Gasteiger partial charge is 0.222 e. The number of fused-ring (bicyclic) bond motifs is 1. The van der Waals surface area contributed by atoms with Gasteiger partial charge in [0.15, 0.2) is 6.10 Å². The highest BCUT2D eigenvalue weighted by Crippen LogP contribution is 2.24. The molecule has 0 aromatic heterocycles. The van der Waals surface area contributed by atoms with E-state index in [1.165, 1.54) is 0 Å². The summed E-state index contributed by atoms with van der Waals surface area (Å²) in [5.41, 5.74) is 1.98. The minimum atomic E-state index is -0.206. The molecule has 2 rings (SSSR count). The topological polar surface area (TPSA) is 30.8 Å². The van der Waals surface area contributed by atoms with Crippen LogP contribution in [0.4, 0.5) is 5.69 Å². The van der Waals surface area contributed by atoms with Crippen LogP contribution in [-0.4, -0.2) is 26.2 Å². The molecule has 15 heavy (non-hydrogen) atoms. The minimum absolute atomic E-state index is 0.206. The summed E-state index contributed by atoms with van der Waals surface area (Å²) in [7, 11) is 3.24. The highest BCUT2D eigenvalue weighted by atomic mass is 16.5. The van der Waals surface area contributed by atoms with E-state index in [9.17, 15) is 0 Å². The van der Waals surface area contributed by atoms with Gasteiger partial charge in [0.05, 0.1) is 12.8 Å². The van der Waals surface area contributed by atoms with E-state index in [4.69, 9.17) is 9.47 Å². The summed E-state index contributed by atoms with van der Waals surface area (Å²) in [5.74, 6) is 0.582. The van der Waals surface area contributed by atoms with Crippen LogP contribution in [0.25, 0.3) is 6.08 Å². The maximum atomic E-state index is 5.26. The number of para-hydroxylation sites is 1. The summed E-state index contributed by atoms with van der Waals surface area (Å²) in [4.78, 5) is 4.42. The van der Waals surface area contributed by atoms with Crippen molar-refractivity contribution in [1.82, 2.24) is 0 Å². The molecule has 78 valence electrons. The quantitative estimate of drug-likeness (QED) is 0.701. The number of hydrogen-bond acceptors (Lipinski definition) is 3. The molecule has 0 bridgehead atoms. The number of hydrogen-bond donors (Lipinski definition) is 0. The van der Waals surface area contributed by atoms with Gasteiger partial charge in [0.1, 0.15) is 0 Å². The zero-order valence-corrected chi connectivity index (χ0v) is 8.81. The van der Waals surface area contributed by atoms with Gasteiger partial charge < -0.3 is 9.47 Å². The third-order valence-electron chi connectivity index (χ3n) is 2.32. The average molecular weight is 203 g/mol. The van der Waals surface area contributed by atoms with Crippen molar-refractivity contribution in [2.24, 2.45) is 4.99 Å². The zero-order chi connectivity index (χ0) is 10.7. The van der Waals surface area contributed by atoms with Gasteiger partial charge in [-0.3, -0.25) is 0 Å². The molecular formula is C12H13NO2. The molecule has 0 amide bonds. The Balaban J connectivity index is 2.48. The fourth-order valence-corrected chi connectivity index (χ4v) is 1.53. The van der Waals surface area contributed by atoms with E-state index in [-0.39, 0.29) is 6.10 Å². The summed E-state index contributed by atoms with van der Waals surface area (Å²) in [6.07, 6.45) is 3.73. The molecule has 1 heterocycles. The molecular weight excluding hydrogens is 190 g/mol. The minimum Gasteiger partial charge on any atom is -0.482 e. The van der Waals surface area contributed by atoms with Gasteiger partial charge in [0.2, 0.25) is 5.90 Å². The fourth-order valence-electron chi connectivity index (χ4n) is 1.53. The lowest BCUT2D eigenvalue weighted by Crippen LogP contribution is -2.21. The standard InChI is InChI=1S/C12H13NO2/c1-14-11-8-7-9-5-3-4-6-10(9)13-12(11)15-2/h3-8,11H,1-2H3. The van der Waals surface area contributed by atoms with Crippen LogP contribution in [-0.2, 0) is 9.47 Å². The van der Waals surface area contributed by atoms with Gasteiger partial charge in [-0.05, 0) is 12.1 Å². The van der Waals surface area contributed by atoms with Gasteiger partial charge in [-0.25, -0.2) is 4.99 Å². The second-order valence-electron chi connectivity index (χ2n) is 3.23. The molecule has 1 atom stereocenters. The Hall–Kier alpha value is -1.61. The molecule has 1 aliphatic rings. The van der Waals surface area contributed by atoms with Gasteiger partial charge in [0, 0.05) is 12.7 Å². The molecule has 3 heteroatoms. The first kappa shape index (κ1) is 9.93. The second-order valence-corrected chi connectivity index (χ2v) is 3.23. The number of rotatable bonds is 1. The first-order valence-electron chi connectivity index (χ1n) is 4.77. The Bertz CT molecular complexity index is 410. The molecule has 0 saturated carbocycles.